The second kappa shape index (κ2) is 9.69. The first kappa shape index (κ1) is 23.7. The molecule has 0 atom stereocenters. The maximum atomic E-state index is 13.6. The molecule has 1 amide bonds. The second-order valence-corrected chi connectivity index (χ2v) is 6.99. The summed E-state index contributed by atoms with van der Waals surface area (Å²) in [7, 11) is 0. The van der Waals surface area contributed by atoms with Crippen LogP contribution < -0.4 is 22.1 Å². The standard InChI is InChI=1S/C21H22F3N7O2/c22-21(23,24)15-3-1-2-12(18(15)19(28)32)13-10-17(31-6-8-33-9-7-31)30-20(14(13)11-26)29-16(27)4-5-25/h1-5,10-11,26H,6-9,25H2,(H2,28,32)(H2,27,29,30)/b5-4-,26-11?. The summed E-state index contributed by atoms with van der Waals surface area (Å²) >= 11 is 0. The number of hydrogen-bond acceptors (Lipinski definition) is 7. The van der Waals surface area contributed by atoms with Crippen LogP contribution in [0.4, 0.5) is 24.8 Å². The Balaban J connectivity index is 2.36. The van der Waals surface area contributed by atoms with Gasteiger partial charge in [-0.2, -0.15) is 13.2 Å². The largest absolute Gasteiger partial charge is 0.417 e. The fraction of sp³-hybridized carbons (Fsp3) is 0.238. The van der Waals surface area contributed by atoms with Crippen molar-refractivity contribution in [1.82, 2.24) is 4.98 Å². The molecule has 0 saturated carbocycles. The Labute approximate surface area is 187 Å². The van der Waals surface area contributed by atoms with Crippen molar-refractivity contribution >= 4 is 29.6 Å². The molecule has 9 nitrogen and oxygen atoms in total. The molecule has 2 heterocycles. The van der Waals surface area contributed by atoms with Gasteiger partial charge in [0.2, 0.25) is 5.91 Å². The average Bonchev–Trinajstić information content (AvgIpc) is 2.78. The molecule has 12 heteroatoms. The molecule has 0 aliphatic carbocycles. The predicted molar refractivity (Wildman–Crippen MR) is 119 cm³/mol. The molecule has 0 radical (unpaired) electrons. The van der Waals surface area contributed by atoms with E-state index in [1.54, 1.807) is 0 Å². The number of morpholine rings is 1. The minimum Gasteiger partial charge on any atom is -0.404 e. The fourth-order valence-electron chi connectivity index (χ4n) is 3.47. The third-order valence-electron chi connectivity index (χ3n) is 4.91. The normalized spacial score (nSPS) is 15.1. The number of halogens is 3. The number of carbonyl (C=O) groups is 1. The number of primary amides is 1. The molecular weight excluding hydrogens is 439 g/mol. The molecule has 1 aromatic carbocycles. The van der Waals surface area contributed by atoms with Crippen molar-refractivity contribution in [2.24, 2.45) is 22.2 Å². The van der Waals surface area contributed by atoms with Gasteiger partial charge in [-0.3, -0.25) is 4.79 Å². The van der Waals surface area contributed by atoms with Crippen LogP contribution in [0.2, 0.25) is 0 Å². The number of anilines is 1. The number of amidine groups is 1. The van der Waals surface area contributed by atoms with Crippen LogP contribution in [0.15, 0.2) is 41.5 Å². The monoisotopic (exact) mass is 461 g/mol. The molecule has 0 unspecified atom stereocenters. The summed E-state index contributed by atoms with van der Waals surface area (Å²) in [6, 6.07) is 4.78. The number of carbonyl (C=O) groups excluding carboxylic acids is 1. The zero-order valence-corrected chi connectivity index (χ0v) is 17.4. The quantitative estimate of drug-likeness (QED) is 0.381. The highest BCUT2D eigenvalue weighted by Crippen LogP contribution is 2.39. The highest BCUT2D eigenvalue weighted by Gasteiger charge is 2.36. The molecule has 1 aromatic heterocycles. The van der Waals surface area contributed by atoms with E-state index in [0.29, 0.717) is 32.1 Å². The highest BCUT2D eigenvalue weighted by atomic mass is 19.4. The number of nitrogens with zero attached hydrogens (tertiary/aromatic N) is 3. The van der Waals surface area contributed by atoms with Gasteiger partial charge in [0.15, 0.2) is 5.82 Å². The van der Waals surface area contributed by atoms with Crippen LogP contribution in [-0.2, 0) is 10.9 Å². The first-order chi connectivity index (χ1) is 15.7. The van der Waals surface area contributed by atoms with Gasteiger partial charge in [-0.1, -0.05) is 12.1 Å². The molecule has 1 aliphatic heterocycles. The van der Waals surface area contributed by atoms with E-state index in [2.05, 4.69) is 9.98 Å². The topological polar surface area (TPSA) is 157 Å². The van der Waals surface area contributed by atoms with E-state index in [1.807, 2.05) is 4.90 Å². The Morgan fingerprint density at radius 1 is 1.21 bits per heavy atom. The van der Waals surface area contributed by atoms with E-state index in [0.717, 1.165) is 18.5 Å². The van der Waals surface area contributed by atoms with Crippen LogP contribution in [0.25, 0.3) is 11.1 Å². The number of rotatable bonds is 6. The number of ether oxygens (including phenoxy) is 1. The number of pyridine rings is 1. The van der Waals surface area contributed by atoms with E-state index < -0.39 is 23.2 Å². The Morgan fingerprint density at radius 3 is 2.48 bits per heavy atom. The van der Waals surface area contributed by atoms with Crippen molar-refractivity contribution < 1.29 is 22.7 Å². The molecule has 1 fully saturated rings. The maximum Gasteiger partial charge on any atom is 0.417 e. The predicted octanol–water partition coefficient (Wildman–Crippen LogP) is 2.16. The SMILES string of the molecule is N=Cc1c(-c2cccc(C(F)(F)F)c2C(N)=O)cc(N2CCOCC2)nc1/N=C(N)\C=C/N. The zero-order chi connectivity index (χ0) is 24.2. The Hall–Kier alpha value is -3.93. The first-order valence-electron chi connectivity index (χ1n) is 9.78. The van der Waals surface area contributed by atoms with Crippen LogP contribution in [-0.4, -0.2) is 49.2 Å². The number of aromatic nitrogens is 1. The smallest absolute Gasteiger partial charge is 0.404 e. The minimum atomic E-state index is -4.82. The van der Waals surface area contributed by atoms with Crippen LogP contribution in [0.1, 0.15) is 21.5 Å². The molecule has 3 rings (SSSR count). The van der Waals surface area contributed by atoms with Gasteiger partial charge in [0.25, 0.3) is 0 Å². The lowest BCUT2D eigenvalue weighted by Gasteiger charge is -2.29. The molecule has 0 bridgehead atoms. The summed E-state index contributed by atoms with van der Waals surface area (Å²) in [6.45, 7) is 1.80. The van der Waals surface area contributed by atoms with E-state index in [4.69, 9.17) is 27.3 Å². The number of hydrogen-bond donors (Lipinski definition) is 4. The van der Waals surface area contributed by atoms with Gasteiger partial charge in [0, 0.05) is 24.9 Å². The van der Waals surface area contributed by atoms with Crippen molar-refractivity contribution in [3.8, 4) is 11.1 Å². The van der Waals surface area contributed by atoms with Gasteiger partial charge < -0.3 is 32.2 Å². The summed E-state index contributed by atoms with van der Waals surface area (Å²) in [5.41, 5.74) is 14.7. The van der Waals surface area contributed by atoms with Crippen LogP contribution >= 0.6 is 0 Å². The molecule has 1 saturated heterocycles. The van der Waals surface area contributed by atoms with Crippen molar-refractivity contribution in [3.63, 3.8) is 0 Å². The van der Waals surface area contributed by atoms with Gasteiger partial charge >= 0.3 is 6.18 Å². The highest BCUT2D eigenvalue weighted by molar-refractivity contribution is 6.06. The van der Waals surface area contributed by atoms with Crippen molar-refractivity contribution in [1.29, 1.82) is 5.41 Å². The van der Waals surface area contributed by atoms with Crippen LogP contribution in [0.3, 0.4) is 0 Å². The maximum absolute atomic E-state index is 13.6. The summed E-state index contributed by atoms with van der Waals surface area (Å²) in [5, 5.41) is 7.90. The Bertz CT molecular complexity index is 1120. The van der Waals surface area contributed by atoms with E-state index in [1.165, 1.54) is 24.3 Å². The molecule has 0 spiro atoms. The number of aliphatic imine (C=N–C) groups is 1. The molecule has 2 aromatic rings. The second-order valence-electron chi connectivity index (χ2n) is 6.99. The van der Waals surface area contributed by atoms with Gasteiger partial charge in [-0.15, -0.1) is 0 Å². The summed E-state index contributed by atoms with van der Waals surface area (Å²) in [6.07, 6.45) is -1.47. The Morgan fingerprint density at radius 2 is 1.91 bits per heavy atom. The Kier molecular flexibility index (Phi) is 6.97. The van der Waals surface area contributed by atoms with Gasteiger partial charge in [0.1, 0.15) is 11.7 Å². The fourth-order valence-corrected chi connectivity index (χ4v) is 3.47. The lowest BCUT2D eigenvalue weighted by Crippen LogP contribution is -2.36. The van der Waals surface area contributed by atoms with E-state index in [9.17, 15) is 18.0 Å². The van der Waals surface area contributed by atoms with Gasteiger partial charge in [-0.25, -0.2) is 9.98 Å². The van der Waals surface area contributed by atoms with Crippen LogP contribution in [0.5, 0.6) is 0 Å². The van der Waals surface area contributed by atoms with Crippen molar-refractivity contribution in [2.75, 3.05) is 31.2 Å². The number of benzene rings is 1. The zero-order valence-electron chi connectivity index (χ0n) is 17.4. The number of amides is 1. The van der Waals surface area contributed by atoms with Gasteiger partial charge in [-0.05, 0) is 35.5 Å². The van der Waals surface area contributed by atoms with Crippen molar-refractivity contribution in [3.05, 3.63) is 53.2 Å². The van der Waals surface area contributed by atoms with Crippen LogP contribution in [0, 0.1) is 5.41 Å². The third kappa shape index (κ3) is 5.12. The number of alkyl halides is 3. The van der Waals surface area contributed by atoms with E-state index in [-0.39, 0.29) is 28.3 Å². The molecule has 1 aliphatic rings. The average molecular weight is 461 g/mol. The summed E-state index contributed by atoms with van der Waals surface area (Å²) in [5.74, 6) is -0.936. The van der Waals surface area contributed by atoms with E-state index >= 15 is 0 Å². The minimum absolute atomic E-state index is 0.0209. The number of nitrogens with two attached hydrogens (primary N) is 3. The molecule has 174 valence electrons. The lowest BCUT2D eigenvalue weighted by molar-refractivity contribution is -0.137. The molecule has 33 heavy (non-hydrogen) atoms. The van der Waals surface area contributed by atoms with Crippen molar-refractivity contribution in [2.45, 2.75) is 6.18 Å². The third-order valence-corrected chi connectivity index (χ3v) is 4.91. The lowest BCUT2D eigenvalue weighted by atomic mass is 9.92. The molecular formula is C21H22F3N7O2. The number of nitrogens with one attached hydrogen (secondary N) is 1. The molecule has 7 N–H and O–H groups in total. The first-order valence-corrected chi connectivity index (χ1v) is 9.78. The summed E-state index contributed by atoms with van der Waals surface area (Å²) in [4.78, 5) is 22.6. The summed E-state index contributed by atoms with van der Waals surface area (Å²) < 4.78 is 46.3. The van der Waals surface area contributed by atoms with Gasteiger partial charge in [0.05, 0.1) is 24.3 Å².